The van der Waals surface area contributed by atoms with Crippen LogP contribution in [-0.4, -0.2) is 38.1 Å². The second-order valence-electron chi connectivity index (χ2n) is 6.95. The highest BCUT2D eigenvalue weighted by Gasteiger charge is 2.18. The Morgan fingerprint density at radius 3 is 2.16 bits per heavy atom. The molecule has 0 saturated carbocycles. The van der Waals surface area contributed by atoms with Crippen LogP contribution < -0.4 is 24.8 Å². The summed E-state index contributed by atoms with van der Waals surface area (Å²) >= 11 is 1.33. The van der Waals surface area contributed by atoms with Crippen molar-refractivity contribution in [2.75, 3.05) is 26.6 Å². The maximum atomic E-state index is 12.8. The lowest BCUT2D eigenvalue weighted by Gasteiger charge is -2.13. The lowest BCUT2D eigenvalue weighted by atomic mass is 10.1. The number of ether oxygens (including phenoxy) is 3. The number of carbonyl (C=O) groups excluding carboxylic acids is 2. The molecule has 8 nitrogen and oxygen atoms in total. The largest absolute Gasteiger partial charge is 0.493 e. The van der Waals surface area contributed by atoms with E-state index in [1.54, 1.807) is 12.1 Å². The molecule has 1 heterocycles. The van der Waals surface area contributed by atoms with Gasteiger partial charge in [-0.25, -0.2) is 4.98 Å². The quantitative estimate of drug-likeness (QED) is 0.526. The van der Waals surface area contributed by atoms with Crippen LogP contribution in [0.3, 0.4) is 0 Å². The van der Waals surface area contributed by atoms with Crippen molar-refractivity contribution in [2.24, 2.45) is 0 Å². The van der Waals surface area contributed by atoms with Crippen molar-refractivity contribution in [3.05, 3.63) is 52.9 Å². The van der Waals surface area contributed by atoms with Gasteiger partial charge in [0.25, 0.3) is 5.91 Å². The van der Waals surface area contributed by atoms with Crippen molar-refractivity contribution in [3.63, 3.8) is 0 Å². The van der Waals surface area contributed by atoms with Crippen LogP contribution in [0.2, 0.25) is 0 Å². The number of benzene rings is 2. The average molecular weight is 456 g/mol. The maximum absolute atomic E-state index is 12.8. The Balaban J connectivity index is 1.75. The fraction of sp³-hybridized carbons (Fsp3) is 0.261. The smallest absolute Gasteiger partial charge is 0.257 e. The molecule has 3 aromatic rings. The van der Waals surface area contributed by atoms with Crippen LogP contribution in [-0.2, 0) is 4.79 Å². The molecule has 9 heteroatoms. The van der Waals surface area contributed by atoms with E-state index in [2.05, 4.69) is 15.6 Å². The third kappa shape index (κ3) is 5.17. The van der Waals surface area contributed by atoms with Gasteiger partial charge in [0.1, 0.15) is 0 Å². The van der Waals surface area contributed by atoms with E-state index in [1.807, 2.05) is 36.6 Å². The van der Waals surface area contributed by atoms with Crippen molar-refractivity contribution < 1.29 is 23.8 Å². The minimum absolute atomic E-state index is 0.0754. The number of hydrogen-bond acceptors (Lipinski definition) is 7. The third-order valence-electron chi connectivity index (χ3n) is 4.78. The average Bonchev–Trinajstić information content (AvgIpc) is 3.25. The number of methoxy groups -OCH3 is 3. The topological polar surface area (TPSA) is 98.8 Å². The Hall–Kier alpha value is -3.59. The normalized spacial score (nSPS) is 11.4. The van der Waals surface area contributed by atoms with E-state index in [9.17, 15) is 9.59 Å². The van der Waals surface area contributed by atoms with E-state index in [0.29, 0.717) is 27.9 Å². The summed E-state index contributed by atoms with van der Waals surface area (Å²) in [4.78, 5) is 28.5. The van der Waals surface area contributed by atoms with Gasteiger partial charge in [-0.05, 0) is 24.6 Å². The molecule has 0 aliphatic carbocycles. The molecular weight excluding hydrogens is 430 g/mol. The van der Waals surface area contributed by atoms with Crippen LogP contribution in [0.4, 0.5) is 5.13 Å². The first-order valence-electron chi connectivity index (χ1n) is 9.80. The fourth-order valence-electron chi connectivity index (χ4n) is 3.18. The summed E-state index contributed by atoms with van der Waals surface area (Å²) in [5, 5.41) is 8.01. The number of anilines is 1. The standard InChI is InChI=1S/C23H25N3O5S/c1-13(24-14(2)27)15-6-8-16(9-7-15)18-12-32-23(25-18)26-22(28)17-10-19(29-3)21(31-5)20(11-17)30-4/h6-13H,1-5H3,(H,24,27)(H,25,26,28). The van der Waals surface area contributed by atoms with Gasteiger partial charge in [0, 0.05) is 23.4 Å². The summed E-state index contributed by atoms with van der Waals surface area (Å²) in [6, 6.07) is 10.9. The van der Waals surface area contributed by atoms with Crippen LogP contribution >= 0.6 is 11.3 Å². The second kappa shape index (κ2) is 10.1. The van der Waals surface area contributed by atoms with Crippen LogP contribution in [0, 0.1) is 0 Å². The summed E-state index contributed by atoms with van der Waals surface area (Å²) in [7, 11) is 4.49. The van der Waals surface area contributed by atoms with Gasteiger partial charge in [-0.2, -0.15) is 0 Å². The zero-order valence-corrected chi connectivity index (χ0v) is 19.3. The molecule has 2 N–H and O–H groups in total. The summed E-state index contributed by atoms with van der Waals surface area (Å²) in [6.45, 7) is 3.42. The van der Waals surface area contributed by atoms with Crippen LogP contribution in [0.15, 0.2) is 41.8 Å². The highest BCUT2D eigenvalue weighted by molar-refractivity contribution is 7.14. The predicted octanol–water partition coefficient (Wildman–Crippen LogP) is 4.29. The minimum Gasteiger partial charge on any atom is -0.493 e. The van der Waals surface area contributed by atoms with E-state index in [1.165, 1.54) is 39.6 Å². The number of carbonyl (C=O) groups is 2. The number of nitrogens with zero attached hydrogens (tertiary/aromatic N) is 1. The second-order valence-corrected chi connectivity index (χ2v) is 7.81. The first-order valence-corrected chi connectivity index (χ1v) is 10.7. The Bertz CT molecular complexity index is 1090. The molecule has 0 saturated heterocycles. The highest BCUT2D eigenvalue weighted by atomic mass is 32.1. The molecule has 1 atom stereocenters. The molecule has 0 fully saturated rings. The van der Waals surface area contributed by atoms with Gasteiger partial charge in [-0.1, -0.05) is 24.3 Å². The van der Waals surface area contributed by atoms with Crippen molar-refractivity contribution >= 4 is 28.3 Å². The van der Waals surface area contributed by atoms with Crippen LogP contribution in [0.5, 0.6) is 17.2 Å². The fourth-order valence-corrected chi connectivity index (χ4v) is 3.89. The van der Waals surface area contributed by atoms with Crippen molar-refractivity contribution in [3.8, 4) is 28.5 Å². The lowest BCUT2D eigenvalue weighted by Crippen LogP contribution is -2.23. The molecule has 32 heavy (non-hydrogen) atoms. The van der Waals surface area contributed by atoms with Gasteiger partial charge < -0.3 is 19.5 Å². The summed E-state index contributed by atoms with van der Waals surface area (Å²) < 4.78 is 15.9. The van der Waals surface area contributed by atoms with E-state index in [4.69, 9.17) is 14.2 Å². The first kappa shape index (κ1) is 23.1. The number of amides is 2. The summed E-state index contributed by atoms with van der Waals surface area (Å²) in [5.74, 6) is 0.786. The molecule has 0 aliphatic heterocycles. The Labute approximate surface area is 190 Å². The third-order valence-corrected chi connectivity index (χ3v) is 5.54. The molecule has 0 bridgehead atoms. The van der Waals surface area contributed by atoms with E-state index >= 15 is 0 Å². The zero-order valence-electron chi connectivity index (χ0n) is 18.5. The monoisotopic (exact) mass is 455 g/mol. The minimum atomic E-state index is -0.343. The Morgan fingerprint density at radius 2 is 1.62 bits per heavy atom. The van der Waals surface area contributed by atoms with Gasteiger partial charge in [-0.15, -0.1) is 11.3 Å². The molecule has 0 aliphatic rings. The number of rotatable bonds is 8. The predicted molar refractivity (Wildman–Crippen MR) is 124 cm³/mol. The molecule has 1 aromatic heterocycles. The molecule has 3 rings (SSSR count). The number of aromatic nitrogens is 1. The highest BCUT2D eigenvalue weighted by Crippen LogP contribution is 2.38. The zero-order chi connectivity index (χ0) is 23.3. The number of nitrogens with one attached hydrogen (secondary N) is 2. The maximum Gasteiger partial charge on any atom is 0.257 e. The van der Waals surface area contributed by atoms with Crippen molar-refractivity contribution in [2.45, 2.75) is 19.9 Å². The van der Waals surface area contributed by atoms with Crippen molar-refractivity contribution in [1.29, 1.82) is 0 Å². The molecular formula is C23H25N3O5S. The first-order chi connectivity index (χ1) is 15.4. The lowest BCUT2D eigenvalue weighted by molar-refractivity contribution is -0.119. The van der Waals surface area contributed by atoms with Crippen LogP contribution in [0.1, 0.15) is 35.8 Å². The molecule has 1 unspecified atom stereocenters. The SMILES string of the molecule is COc1cc(C(=O)Nc2nc(-c3ccc(C(C)NC(C)=O)cc3)cs2)cc(OC)c1OC. The molecule has 2 amide bonds. The van der Waals surface area contributed by atoms with Gasteiger partial charge >= 0.3 is 0 Å². The Morgan fingerprint density at radius 1 is 1.00 bits per heavy atom. The molecule has 168 valence electrons. The van der Waals surface area contributed by atoms with E-state index in [-0.39, 0.29) is 17.9 Å². The molecule has 0 spiro atoms. The summed E-state index contributed by atoms with van der Waals surface area (Å²) in [6.07, 6.45) is 0. The molecule has 2 aromatic carbocycles. The van der Waals surface area contributed by atoms with Gasteiger partial charge in [-0.3, -0.25) is 14.9 Å². The number of hydrogen-bond donors (Lipinski definition) is 2. The van der Waals surface area contributed by atoms with Gasteiger partial charge in [0.15, 0.2) is 16.6 Å². The van der Waals surface area contributed by atoms with Gasteiger partial charge in [0.05, 0.1) is 33.1 Å². The van der Waals surface area contributed by atoms with Crippen molar-refractivity contribution in [1.82, 2.24) is 10.3 Å². The van der Waals surface area contributed by atoms with Crippen LogP contribution in [0.25, 0.3) is 11.3 Å². The van der Waals surface area contributed by atoms with Gasteiger partial charge in [0.2, 0.25) is 11.7 Å². The van der Waals surface area contributed by atoms with E-state index < -0.39 is 0 Å². The van der Waals surface area contributed by atoms with E-state index in [0.717, 1.165) is 16.8 Å². The molecule has 0 radical (unpaired) electrons. The summed E-state index contributed by atoms with van der Waals surface area (Å²) in [5.41, 5.74) is 3.00. The Kier molecular flexibility index (Phi) is 7.32. The number of thiazole rings is 1.